The lowest BCUT2D eigenvalue weighted by atomic mass is 10.1. The number of methoxy groups -OCH3 is 3. The molecule has 0 aliphatic carbocycles. The third-order valence-corrected chi connectivity index (χ3v) is 4.40. The Balaban J connectivity index is 2.00. The quantitative estimate of drug-likeness (QED) is 0.712. The summed E-state index contributed by atoms with van der Waals surface area (Å²) in [6.45, 7) is 0.411. The van der Waals surface area contributed by atoms with E-state index in [4.69, 9.17) is 19.3 Å². The Kier molecular flexibility index (Phi) is 7.26. The zero-order chi connectivity index (χ0) is 20.7. The summed E-state index contributed by atoms with van der Waals surface area (Å²) in [7, 11) is 6.37. The number of amides is 1. The number of aromatic carboxylic acids is 1. The fourth-order valence-corrected chi connectivity index (χ4v) is 2.84. The van der Waals surface area contributed by atoms with Gasteiger partial charge in [0.15, 0.2) is 11.5 Å². The fourth-order valence-electron chi connectivity index (χ4n) is 2.84. The minimum absolute atomic E-state index is 0.0175. The van der Waals surface area contributed by atoms with Gasteiger partial charge in [-0.2, -0.15) is 0 Å². The molecule has 7 heteroatoms. The number of ether oxygens (including phenoxy) is 3. The number of nitrogens with zero attached hydrogens (tertiary/aromatic N) is 1. The van der Waals surface area contributed by atoms with Gasteiger partial charge in [-0.1, -0.05) is 12.1 Å². The Bertz CT molecular complexity index is 806. The first kappa shape index (κ1) is 21.1. The number of benzene rings is 2. The summed E-state index contributed by atoms with van der Waals surface area (Å²) in [6.07, 6.45) is 0.847. The second-order valence-corrected chi connectivity index (χ2v) is 6.29. The van der Waals surface area contributed by atoms with Gasteiger partial charge >= 0.3 is 5.97 Å². The van der Waals surface area contributed by atoms with Gasteiger partial charge < -0.3 is 24.2 Å². The average Bonchev–Trinajstić information content (AvgIpc) is 2.71. The highest BCUT2D eigenvalue weighted by Gasteiger charge is 2.15. The van der Waals surface area contributed by atoms with Crippen LogP contribution in [0.25, 0.3) is 0 Å². The maximum absolute atomic E-state index is 12.5. The van der Waals surface area contributed by atoms with Gasteiger partial charge in [0.25, 0.3) is 0 Å². The van der Waals surface area contributed by atoms with Gasteiger partial charge in [0, 0.05) is 20.0 Å². The molecule has 0 aliphatic heterocycles. The highest BCUT2D eigenvalue weighted by atomic mass is 16.5. The molecule has 0 aliphatic rings. The van der Waals surface area contributed by atoms with Gasteiger partial charge in [0.1, 0.15) is 0 Å². The number of hydrogen-bond acceptors (Lipinski definition) is 5. The van der Waals surface area contributed by atoms with Gasteiger partial charge in [-0.25, -0.2) is 4.79 Å². The zero-order valence-corrected chi connectivity index (χ0v) is 16.5. The van der Waals surface area contributed by atoms with Crippen LogP contribution in [0.3, 0.4) is 0 Å². The summed E-state index contributed by atoms with van der Waals surface area (Å²) in [5.41, 5.74) is 2.00. The lowest BCUT2D eigenvalue weighted by molar-refractivity contribution is -0.130. The summed E-state index contributed by atoms with van der Waals surface area (Å²) in [5.74, 6) is 0.631. The Labute approximate surface area is 164 Å². The van der Waals surface area contributed by atoms with Crippen LogP contribution < -0.4 is 14.2 Å². The number of rotatable bonds is 9. The molecule has 150 valence electrons. The van der Waals surface area contributed by atoms with E-state index < -0.39 is 5.97 Å². The Morgan fingerprint density at radius 1 is 0.929 bits per heavy atom. The summed E-state index contributed by atoms with van der Waals surface area (Å²) < 4.78 is 16.0. The van der Waals surface area contributed by atoms with Crippen LogP contribution in [0.5, 0.6) is 17.2 Å². The predicted octanol–water partition coefficient (Wildman–Crippen LogP) is 3.00. The first-order valence-electron chi connectivity index (χ1n) is 8.74. The molecule has 0 spiro atoms. The Morgan fingerprint density at radius 2 is 1.50 bits per heavy atom. The van der Waals surface area contributed by atoms with Crippen molar-refractivity contribution in [2.24, 2.45) is 0 Å². The van der Waals surface area contributed by atoms with Gasteiger partial charge in [0.05, 0.1) is 26.9 Å². The van der Waals surface area contributed by atoms with E-state index in [2.05, 4.69) is 0 Å². The van der Waals surface area contributed by atoms with E-state index in [1.54, 1.807) is 45.4 Å². The number of carboxylic acids is 1. The molecule has 2 aromatic carbocycles. The standard InChI is InChI=1S/C21H25NO6/c1-22(13-14-5-8-16(9-6-14)21(24)25)19(23)10-7-15-11-17(26-2)20(28-4)18(12-15)27-3/h5-6,8-9,11-12H,7,10,13H2,1-4H3,(H,24,25). The molecule has 0 heterocycles. The number of hydrogen-bond donors (Lipinski definition) is 1. The van der Waals surface area contributed by atoms with Crippen molar-refractivity contribution in [1.82, 2.24) is 4.90 Å². The maximum atomic E-state index is 12.5. The molecule has 0 radical (unpaired) electrons. The van der Waals surface area contributed by atoms with Crippen LogP contribution >= 0.6 is 0 Å². The van der Waals surface area contributed by atoms with Gasteiger partial charge in [0.2, 0.25) is 11.7 Å². The smallest absolute Gasteiger partial charge is 0.335 e. The van der Waals surface area contributed by atoms with E-state index in [0.29, 0.717) is 36.6 Å². The molecule has 0 saturated carbocycles. The number of carboxylic acid groups (broad SMARTS) is 1. The second-order valence-electron chi connectivity index (χ2n) is 6.29. The van der Waals surface area contributed by atoms with Crippen LogP contribution in [-0.4, -0.2) is 50.3 Å². The minimum atomic E-state index is -0.971. The highest BCUT2D eigenvalue weighted by Crippen LogP contribution is 2.38. The summed E-state index contributed by atoms with van der Waals surface area (Å²) in [5, 5.41) is 8.94. The largest absolute Gasteiger partial charge is 0.493 e. The van der Waals surface area contributed by atoms with E-state index in [-0.39, 0.29) is 11.5 Å². The predicted molar refractivity (Wildman–Crippen MR) is 104 cm³/mol. The van der Waals surface area contributed by atoms with Gasteiger partial charge in [-0.05, 0) is 41.8 Å². The summed E-state index contributed by atoms with van der Waals surface area (Å²) >= 11 is 0. The van der Waals surface area contributed by atoms with Crippen LogP contribution in [0.2, 0.25) is 0 Å². The van der Waals surface area contributed by atoms with Crippen LogP contribution in [0.15, 0.2) is 36.4 Å². The molecule has 0 bridgehead atoms. The molecule has 1 amide bonds. The summed E-state index contributed by atoms with van der Waals surface area (Å²) in [4.78, 5) is 25.0. The van der Waals surface area contributed by atoms with Crippen molar-refractivity contribution in [2.75, 3.05) is 28.4 Å². The topological polar surface area (TPSA) is 85.3 Å². The Hall–Kier alpha value is -3.22. The first-order valence-corrected chi connectivity index (χ1v) is 8.74. The lowest BCUT2D eigenvalue weighted by Gasteiger charge is -2.18. The lowest BCUT2D eigenvalue weighted by Crippen LogP contribution is -2.26. The molecule has 0 saturated heterocycles. The molecule has 1 N–H and O–H groups in total. The molecule has 28 heavy (non-hydrogen) atoms. The van der Waals surface area contributed by atoms with E-state index in [0.717, 1.165) is 11.1 Å². The molecule has 0 atom stereocenters. The molecular weight excluding hydrogens is 362 g/mol. The molecule has 0 unspecified atom stereocenters. The monoisotopic (exact) mass is 387 g/mol. The van der Waals surface area contributed by atoms with Crippen LogP contribution in [-0.2, 0) is 17.8 Å². The van der Waals surface area contributed by atoms with Crippen molar-refractivity contribution in [3.63, 3.8) is 0 Å². The number of carbonyl (C=O) groups is 2. The van der Waals surface area contributed by atoms with Crippen molar-refractivity contribution in [3.05, 3.63) is 53.1 Å². The van der Waals surface area contributed by atoms with Crippen LogP contribution in [0.4, 0.5) is 0 Å². The normalized spacial score (nSPS) is 10.3. The van der Waals surface area contributed by atoms with E-state index in [1.807, 2.05) is 12.1 Å². The minimum Gasteiger partial charge on any atom is -0.493 e. The van der Waals surface area contributed by atoms with Crippen LogP contribution in [0, 0.1) is 0 Å². The first-order chi connectivity index (χ1) is 13.4. The van der Waals surface area contributed by atoms with Crippen molar-refractivity contribution in [2.45, 2.75) is 19.4 Å². The van der Waals surface area contributed by atoms with E-state index in [1.165, 1.54) is 12.1 Å². The molecule has 0 aromatic heterocycles. The fraction of sp³-hybridized carbons (Fsp3) is 0.333. The molecule has 0 fully saturated rings. The third kappa shape index (κ3) is 5.16. The maximum Gasteiger partial charge on any atom is 0.335 e. The van der Waals surface area contributed by atoms with E-state index >= 15 is 0 Å². The molecule has 7 nitrogen and oxygen atoms in total. The van der Waals surface area contributed by atoms with Gasteiger partial charge in [-0.3, -0.25) is 4.79 Å². The van der Waals surface area contributed by atoms with Gasteiger partial charge in [-0.15, -0.1) is 0 Å². The van der Waals surface area contributed by atoms with Crippen molar-refractivity contribution >= 4 is 11.9 Å². The third-order valence-electron chi connectivity index (χ3n) is 4.40. The molecule has 2 rings (SSSR count). The molecule has 2 aromatic rings. The highest BCUT2D eigenvalue weighted by molar-refractivity contribution is 5.87. The molecular formula is C21H25NO6. The van der Waals surface area contributed by atoms with Crippen LogP contribution in [0.1, 0.15) is 27.9 Å². The Morgan fingerprint density at radius 3 is 1.96 bits per heavy atom. The number of carbonyl (C=O) groups excluding carboxylic acids is 1. The summed E-state index contributed by atoms with van der Waals surface area (Å²) in [6, 6.07) is 10.2. The van der Waals surface area contributed by atoms with Crippen molar-refractivity contribution in [3.8, 4) is 17.2 Å². The average molecular weight is 387 g/mol. The van der Waals surface area contributed by atoms with E-state index in [9.17, 15) is 9.59 Å². The number of aryl methyl sites for hydroxylation is 1. The second kappa shape index (κ2) is 9.64. The van der Waals surface area contributed by atoms with Crippen molar-refractivity contribution in [1.29, 1.82) is 0 Å². The SMILES string of the molecule is COc1cc(CCC(=O)N(C)Cc2ccc(C(=O)O)cc2)cc(OC)c1OC. The zero-order valence-electron chi connectivity index (χ0n) is 16.5. The van der Waals surface area contributed by atoms with Crippen molar-refractivity contribution < 1.29 is 28.9 Å².